The number of rotatable bonds is 3. The molecule has 0 heterocycles. The molecular weight excluding hydrogens is 210 g/mol. The van der Waals surface area contributed by atoms with Crippen molar-refractivity contribution < 1.29 is 0 Å². The summed E-state index contributed by atoms with van der Waals surface area (Å²) < 4.78 is 0. The van der Waals surface area contributed by atoms with Gasteiger partial charge in [-0.3, -0.25) is 0 Å². The van der Waals surface area contributed by atoms with Gasteiger partial charge in [-0.2, -0.15) is 0 Å². The van der Waals surface area contributed by atoms with E-state index in [2.05, 4.69) is 6.92 Å². The first-order valence-electron chi connectivity index (χ1n) is 5.97. The van der Waals surface area contributed by atoms with Crippen molar-refractivity contribution in [3.63, 3.8) is 0 Å². The van der Waals surface area contributed by atoms with E-state index < -0.39 is 0 Å². The fourth-order valence-corrected chi connectivity index (χ4v) is 2.28. The van der Waals surface area contributed by atoms with Crippen LogP contribution in [-0.2, 0) is 0 Å². The Balaban J connectivity index is 2.66. The summed E-state index contributed by atoms with van der Waals surface area (Å²) in [5.41, 5.74) is 20.7. The number of hydrogen-bond donors (Lipinski definition) is 3. The SMILES string of the molecule is CCCC(N)c1ccc(N)c2c(N)cccc12. The smallest absolute Gasteiger partial charge is 0.0414 e. The summed E-state index contributed by atoms with van der Waals surface area (Å²) in [7, 11) is 0. The van der Waals surface area contributed by atoms with Crippen LogP contribution in [0.2, 0.25) is 0 Å². The predicted molar refractivity (Wildman–Crippen MR) is 74.6 cm³/mol. The molecule has 0 aromatic heterocycles. The van der Waals surface area contributed by atoms with Gasteiger partial charge in [0.1, 0.15) is 0 Å². The van der Waals surface area contributed by atoms with Gasteiger partial charge in [0.25, 0.3) is 0 Å². The maximum absolute atomic E-state index is 6.19. The van der Waals surface area contributed by atoms with Crippen molar-refractivity contribution in [2.75, 3.05) is 11.5 Å². The lowest BCUT2D eigenvalue weighted by molar-refractivity contribution is 0.643. The van der Waals surface area contributed by atoms with Crippen LogP contribution in [0.1, 0.15) is 31.4 Å². The first-order chi connectivity index (χ1) is 8.15. The zero-order valence-electron chi connectivity index (χ0n) is 10.1. The average molecular weight is 229 g/mol. The van der Waals surface area contributed by atoms with Gasteiger partial charge in [0.15, 0.2) is 0 Å². The van der Waals surface area contributed by atoms with Crippen molar-refractivity contribution >= 4 is 22.1 Å². The molecule has 2 rings (SSSR count). The largest absolute Gasteiger partial charge is 0.398 e. The molecule has 0 amide bonds. The molecule has 2 aromatic carbocycles. The molecule has 0 aliphatic heterocycles. The van der Waals surface area contributed by atoms with Crippen LogP contribution in [0.25, 0.3) is 10.8 Å². The van der Waals surface area contributed by atoms with E-state index in [-0.39, 0.29) is 6.04 Å². The quantitative estimate of drug-likeness (QED) is 0.708. The average Bonchev–Trinajstić information content (AvgIpc) is 2.29. The summed E-state index contributed by atoms with van der Waals surface area (Å²) in [6.07, 6.45) is 2.03. The first-order valence-corrected chi connectivity index (χ1v) is 5.97. The maximum atomic E-state index is 6.19. The Kier molecular flexibility index (Phi) is 3.20. The van der Waals surface area contributed by atoms with Crippen LogP contribution < -0.4 is 17.2 Å². The summed E-state index contributed by atoms with van der Waals surface area (Å²) in [4.78, 5) is 0. The van der Waals surface area contributed by atoms with E-state index in [0.717, 1.165) is 29.2 Å². The van der Waals surface area contributed by atoms with Crippen molar-refractivity contribution in [1.82, 2.24) is 0 Å². The molecule has 1 unspecified atom stereocenters. The van der Waals surface area contributed by atoms with E-state index in [1.165, 1.54) is 0 Å². The summed E-state index contributed by atoms with van der Waals surface area (Å²) in [6.45, 7) is 2.13. The molecule has 17 heavy (non-hydrogen) atoms. The minimum atomic E-state index is 0.0462. The lowest BCUT2D eigenvalue weighted by atomic mass is 9.95. The lowest BCUT2D eigenvalue weighted by Crippen LogP contribution is -2.10. The van der Waals surface area contributed by atoms with Crippen molar-refractivity contribution in [2.45, 2.75) is 25.8 Å². The Morgan fingerprint density at radius 1 is 1.06 bits per heavy atom. The molecule has 0 spiro atoms. The Hall–Kier alpha value is -1.74. The van der Waals surface area contributed by atoms with Crippen LogP contribution in [0.15, 0.2) is 30.3 Å². The molecule has 2 aromatic rings. The number of nitrogen functional groups attached to an aromatic ring is 2. The third-order valence-corrected chi connectivity index (χ3v) is 3.14. The topological polar surface area (TPSA) is 78.1 Å². The summed E-state index contributed by atoms with van der Waals surface area (Å²) >= 11 is 0. The number of anilines is 2. The van der Waals surface area contributed by atoms with Gasteiger partial charge in [0.2, 0.25) is 0 Å². The Morgan fingerprint density at radius 2 is 1.76 bits per heavy atom. The summed E-state index contributed by atoms with van der Waals surface area (Å²) in [5, 5.41) is 2.00. The molecule has 0 saturated carbocycles. The van der Waals surface area contributed by atoms with Gasteiger partial charge in [0, 0.05) is 22.8 Å². The molecule has 0 aliphatic carbocycles. The second-order valence-corrected chi connectivity index (χ2v) is 4.41. The minimum Gasteiger partial charge on any atom is -0.398 e. The van der Waals surface area contributed by atoms with Crippen LogP contribution in [0, 0.1) is 0 Å². The minimum absolute atomic E-state index is 0.0462. The van der Waals surface area contributed by atoms with E-state index in [0.29, 0.717) is 11.4 Å². The van der Waals surface area contributed by atoms with Crippen LogP contribution >= 0.6 is 0 Å². The standard InChI is InChI=1S/C14H19N3/c1-2-4-11(15)9-7-8-13(17)14-10(9)5-3-6-12(14)16/h3,5-8,11H,2,4,15-17H2,1H3. The van der Waals surface area contributed by atoms with Gasteiger partial charge in [0.05, 0.1) is 0 Å². The molecule has 90 valence electrons. The van der Waals surface area contributed by atoms with Gasteiger partial charge in [-0.05, 0) is 29.5 Å². The fourth-order valence-electron chi connectivity index (χ4n) is 2.28. The molecule has 0 aliphatic rings. The van der Waals surface area contributed by atoms with Crippen LogP contribution in [0.4, 0.5) is 11.4 Å². The normalized spacial score (nSPS) is 12.8. The Bertz CT molecular complexity index is 526. The molecule has 6 N–H and O–H groups in total. The number of benzene rings is 2. The van der Waals surface area contributed by atoms with E-state index in [1.54, 1.807) is 0 Å². The fraction of sp³-hybridized carbons (Fsp3) is 0.286. The highest BCUT2D eigenvalue weighted by Gasteiger charge is 2.11. The molecule has 0 fully saturated rings. The van der Waals surface area contributed by atoms with Crippen LogP contribution in [-0.4, -0.2) is 0 Å². The highest BCUT2D eigenvalue weighted by molar-refractivity contribution is 6.03. The van der Waals surface area contributed by atoms with E-state index >= 15 is 0 Å². The third kappa shape index (κ3) is 2.06. The van der Waals surface area contributed by atoms with Gasteiger partial charge < -0.3 is 17.2 Å². The van der Waals surface area contributed by atoms with Gasteiger partial charge >= 0.3 is 0 Å². The molecule has 0 bridgehead atoms. The Labute approximate surface area is 102 Å². The van der Waals surface area contributed by atoms with Gasteiger partial charge in [-0.15, -0.1) is 0 Å². The zero-order chi connectivity index (χ0) is 12.4. The van der Waals surface area contributed by atoms with Crippen molar-refractivity contribution in [3.8, 4) is 0 Å². The van der Waals surface area contributed by atoms with E-state index in [4.69, 9.17) is 17.2 Å². The maximum Gasteiger partial charge on any atom is 0.0414 e. The van der Waals surface area contributed by atoms with E-state index in [1.807, 2.05) is 30.3 Å². The first kappa shape index (κ1) is 11.7. The third-order valence-electron chi connectivity index (χ3n) is 3.14. The molecule has 1 atom stereocenters. The zero-order valence-corrected chi connectivity index (χ0v) is 10.1. The van der Waals surface area contributed by atoms with Gasteiger partial charge in [-0.1, -0.05) is 31.5 Å². The van der Waals surface area contributed by atoms with Crippen LogP contribution in [0.5, 0.6) is 0 Å². The van der Waals surface area contributed by atoms with Crippen molar-refractivity contribution in [3.05, 3.63) is 35.9 Å². The predicted octanol–water partition coefficient (Wildman–Crippen LogP) is 2.80. The van der Waals surface area contributed by atoms with Crippen LogP contribution in [0.3, 0.4) is 0 Å². The summed E-state index contributed by atoms with van der Waals surface area (Å²) in [5.74, 6) is 0. The highest BCUT2D eigenvalue weighted by atomic mass is 14.6. The second kappa shape index (κ2) is 4.63. The van der Waals surface area contributed by atoms with E-state index in [9.17, 15) is 0 Å². The Morgan fingerprint density at radius 3 is 2.47 bits per heavy atom. The molecule has 3 nitrogen and oxygen atoms in total. The number of hydrogen-bond acceptors (Lipinski definition) is 3. The summed E-state index contributed by atoms with van der Waals surface area (Å²) in [6, 6.07) is 9.80. The molecular formula is C14H19N3. The molecule has 3 heteroatoms. The lowest BCUT2D eigenvalue weighted by Gasteiger charge is -2.16. The molecule has 0 saturated heterocycles. The van der Waals surface area contributed by atoms with Crippen molar-refractivity contribution in [1.29, 1.82) is 0 Å². The van der Waals surface area contributed by atoms with Crippen molar-refractivity contribution in [2.24, 2.45) is 5.73 Å². The number of nitrogens with two attached hydrogens (primary N) is 3. The second-order valence-electron chi connectivity index (χ2n) is 4.41. The van der Waals surface area contributed by atoms with Gasteiger partial charge in [-0.25, -0.2) is 0 Å². The number of fused-ring (bicyclic) bond motifs is 1. The molecule has 0 radical (unpaired) electrons. The highest BCUT2D eigenvalue weighted by Crippen LogP contribution is 2.32. The monoisotopic (exact) mass is 229 g/mol.